The molecule has 0 bridgehead atoms. The van der Waals surface area contributed by atoms with E-state index in [9.17, 15) is 10.0 Å². The molecule has 0 aliphatic rings. The van der Waals surface area contributed by atoms with Crippen LogP contribution in [0, 0.1) is 5.21 Å². The maximum absolute atomic E-state index is 10.5. The van der Waals surface area contributed by atoms with Crippen molar-refractivity contribution >= 4 is 5.91 Å². The van der Waals surface area contributed by atoms with E-state index < -0.39 is 0 Å². The monoisotopic (exact) mass is 356 g/mol. The average molecular weight is 357 g/mol. The Morgan fingerprint density at radius 2 is 1.24 bits per heavy atom. The maximum atomic E-state index is 10.5. The van der Waals surface area contributed by atoms with E-state index in [0.717, 1.165) is 18.3 Å². The molecular formula is C21H44N2O2. The molecule has 0 radical (unpaired) electrons. The molecule has 0 aliphatic heterocycles. The van der Waals surface area contributed by atoms with Gasteiger partial charge in [0.05, 0.1) is 6.54 Å². The smallest absolute Gasteiger partial charge is 0.241 e. The summed E-state index contributed by atoms with van der Waals surface area (Å²) in [6.45, 7) is 4.96. The van der Waals surface area contributed by atoms with E-state index in [0.29, 0.717) is 6.54 Å². The summed E-state index contributed by atoms with van der Waals surface area (Å²) in [5.41, 5.74) is 5.95. The SMILES string of the molecule is CCCCCCCCCCCCCCCC=CC(N)=O.CCC[NH2+][O-]. The van der Waals surface area contributed by atoms with E-state index in [4.69, 9.17) is 5.73 Å². The van der Waals surface area contributed by atoms with Crippen molar-refractivity contribution in [1.82, 2.24) is 0 Å². The molecule has 0 atom stereocenters. The Morgan fingerprint density at radius 1 is 0.800 bits per heavy atom. The molecule has 4 nitrogen and oxygen atoms in total. The third-order valence-corrected chi connectivity index (χ3v) is 4.16. The van der Waals surface area contributed by atoms with Crippen LogP contribution < -0.4 is 11.2 Å². The molecule has 0 aromatic heterocycles. The lowest BCUT2D eigenvalue weighted by molar-refractivity contribution is -0.588. The van der Waals surface area contributed by atoms with Gasteiger partial charge in [0.25, 0.3) is 0 Å². The largest absolute Gasteiger partial charge is 0.636 e. The Morgan fingerprint density at radius 3 is 1.56 bits per heavy atom. The van der Waals surface area contributed by atoms with Crippen molar-refractivity contribution < 1.29 is 10.3 Å². The summed E-state index contributed by atoms with van der Waals surface area (Å²) >= 11 is 0. The molecule has 0 heterocycles. The predicted molar refractivity (Wildman–Crippen MR) is 109 cm³/mol. The van der Waals surface area contributed by atoms with Crippen molar-refractivity contribution in [2.45, 2.75) is 110 Å². The van der Waals surface area contributed by atoms with Crippen LogP contribution in [0.4, 0.5) is 0 Å². The van der Waals surface area contributed by atoms with Gasteiger partial charge in [-0.25, -0.2) is 0 Å². The Labute approximate surface area is 156 Å². The van der Waals surface area contributed by atoms with Crippen molar-refractivity contribution in [3.63, 3.8) is 0 Å². The number of primary amides is 1. The van der Waals surface area contributed by atoms with Crippen LogP contribution in [0.3, 0.4) is 0 Å². The third-order valence-electron chi connectivity index (χ3n) is 4.16. The van der Waals surface area contributed by atoms with Crippen LogP contribution in [-0.4, -0.2) is 12.5 Å². The number of quaternary nitrogens is 1. The predicted octanol–water partition coefficient (Wildman–Crippen LogP) is 4.97. The number of allylic oxidation sites excluding steroid dienone is 1. The van der Waals surface area contributed by atoms with E-state index in [1.165, 1.54) is 89.5 Å². The van der Waals surface area contributed by atoms with Crippen LogP contribution >= 0.6 is 0 Å². The Hall–Kier alpha value is -0.870. The number of hydrogen-bond donors (Lipinski definition) is 2. The lowest BCUT2D eigenvalue weighted by Crippen LogP contribution is -2.77. The van der Waals surface area contributed by atoms with Crippen LogP contribution in [0.25, 0.3) is 0 Å². The molecule has 1 amide bonds. The molecule has 0 rings (SSSR count). The first-order valence-corrected chi connectivity index (χ1v) is 10.6. The lowest BCUT2D eigenvalue weighted by Gasteiger charge is -2.02. The highest BCUT2D eigenvalue weighted by molar-refractivity contribution is 5.85. The molecule has 25 heavy (non-hydrogen) atoms. The van der Waals surface area contributed by atoms with E-state index in [2.05, 4.69) is 6.92 Å². The van der Waals surface area contributed by atoms with Crippen LogP contribution in [0.5, 0.6) is 0 Å². The Balaban J connectivity index is 0. The minimum Gasteiger partial charge on any atom is -0.636 e. The van der Waals surface area contributed by atoms with E-state index in [-0.39, 0.29) is 5.91 Å². The zero-order chi connectivity index (χ0) is 19.0. The number of amides is 1. The van der Waals surface area contributed by atoms with Gasteiger partial charge in [-0.3, -0.25) is 4.79 Å². The van der Waals surface area contributed by atoms with Crippen LogP contribution in [-0.2, 0) is 4.79 Å². The molecule has 0 saturated carbocycles. The Kier molecular flexibility index (Phi) is 26.8. The molecule has 150 valence electrons. The first kappa shape index (κ1) is 26.4. The summed E-state index contributed by atoms with van der Waals surface area (Å²) in [7, 11) is 0. The fraction of sp³-hybridized carbons (Fsp3) is 0.857. The van der Waals surface area contributed by atoms with Gasteiger partial charge in [0.1, 0.15) is 0 Å². The van der Waals surface area contributed by atoms with E-state index in [1.807, 2.05) is 13.0 Å². The molecule has 0 aromatic rings. The van der Waals surface area contributed by atoms with Crippen LogP contribution in [0.1, 0.15) is 110 Å². The van der Waals surface area contributed by atoms with Gasteiger partial charge >= 0.3 is 0 Å². The number of hydroxylamine groups is 1. The molecule has 4 heteroatoms. The summed E-state index contributed by atoms with van der Waals surface area (Å²) in [5.74, 6) is -0.334. The lowest BCUT2D eigenvalue weighted by atomic mass is 10.0. The van der Waals surface area contributed by atoms with E-state index >= 15 is 0 Å². The second-order valence-corrected chi connectivity index (χ2v) is 6.79. The molecule has 0 fully saturated rings. The van der Waals surface area contributed by atoms with Crippen molar-refractivity contribution in [2.24, 2.45) is 5.73 Å². The minimum atomic E-state index is -0.334. The highest BCUT2D eigenvalue weighted by Gasteiger charge is 1.93. The summed E-state index contributed by atoms with van der Waals surface area (Å²) < 4.78 is 0. The second-order valence-electron chi connectivity index (χ2n) is 6.79. The zero-order valence-electron chi connectivity index (χ0n) is 16.9. The molecule has 0 spiro atoms. The molecular weight excluding hydrogens is 312 g/mol. The number of hydrogen-bond acceptors (Lipinski definition) is 2. The highest BCUT2D eigenvalue weighted by Crippen LogP contribution is 2.12. The van der Waals surface area contributed by atoms with Gasteiger partial charge < -0.3 is 16.4 Å². The quantitative estimate of drug-likeness (QED) is 0.219. The van der Waals surface area contributed by atoms with Crippen LogP contribution in [0.15, 0.2) is 12.2 Å². The maximum Gasteiger partial charge on any atom is 0.241 e. The summed E-state index contributed by atoms with van der Waals surface area (Å²) in [4.78, 5) is 10.5. The van der Waals surface area contributed by atoms with Crippen molar-refractivity contribution in [1.29, 1.82) is 0 Å². The van der Waals surface area contributed by atoms with Crippen molar-refractivity contribution in [3.05, 3.63) is 17.4 Å². The first-order chi connectivity index (χ1) is 12.2. The number of nitrogens with two attached hydrogens (primary N) is 2. The fourth-order valence-electron chi connectivity index (χ4n) is 2.60. The van der Waals surface area contributed by atoms with Gasteiger partial charge in [-0.05, 0) is 25.3 Å². The van der Waals surface area contributed by atoms with Gasteiger partial charge in [0.15, 0.2) is 0 Å². The minimum absolute atomic E-state index is 0.334. The van der Waals surface area contributed by atoms with Gasteiger partial charge in [-0.15, -0.1) is 0 Å². The van der Waals surface area contributed by atoms with E-state index in [1.54, 1.807) is 0 Å². The van der Waals surface area contributed by atoms with Gasteiger partial charge in [-0.1, -0.05) is 97.0 Å². The molecule has 4 N–H and O–H groups in total. The molecule has 0 saturated heterocycles. The second kappa shape index (κ2) is 25.4. The summed E-state index contributed by atoms with van der Waals surface area (Å²) in [5, 5.41) is 9.40. The zero-order valence-corrected chi connectivity index (χ0v) is 16.9. The number of carbonyl (C=O) groups is 1. The molecule has 0 aromatic carbocycles. The van der Waals surface area contributed by atoms with Crippen LogP contribution in [0.2, 0.25) is 0 Å². The molecule has 0 unspecified atom stereocenters. The first-order valence-electron chi connectivity index (χ1n) is 10.6. The number of unbranched alkanes of at least 4 members (excludes halogenated alkanes) is 13. The normalized spacial score (nSPS) is 10.7. The topological polar surface area (TPSA) is 82.8 Å². The van der Waals surface area contributed by atoms with Gasteiger partial charge in [0.2, 0.25) is 5.91 Å². The van der Waals surface area contributed by atoms with Gasteiger partial charge in [0, 0.05) is 0 Å². The standard InChI is InChI=1S/C18H35NO.C3H9NO/c1-2-3-4-5-6-7-8-9-10-11-12-13-14-15-16-17-18(19)20;1-2-3-4-5/h16-17H,2-15H2,1H3,(H2,19,20);2-4H2,1H3. The molecule has 0 aliphatic carbocycles. The van der Waals surface area contributed by atoms with Crippen molar-refractivity contribution in [2.75, 3.05) is 6.54 Å². The highest BCUT2D eigenvalue weighted by atomic mass is 16.5. The number of rotatable bonds is 17. The summed E-state index contributed by atoms with van der Waals surface area (Å²) in [6.07, 6.45) is 23.2. The third kappa shape index (κ3) is 31.4. The Bertz CT molecular complexity index is 279. The summed E-state index contributed by atoms with van der Waals surface area (Å²) in [6, 6.07) is 0. The number of carbonyl (C=O) groups excluding carboxylic acids is 1. The van der Waals surface area contributed by atoms with Crippen molar-refractivity contribution in [3.8, 4) is 0 Å². The fourth-order valence-corrected chi connectivity index (χ4v) is 2.60. The van der Waals surface area contributed by atoms with Gasteiger partial charge in [-0.2, -0.15) is 0 Å². The average Bonchev–Trinajstić information content (AvgIpc) is 2.59.